The number of halogens is 1. The van der Waals surface area contributed by atoms with Gasteiger partial charge in [-0.1, -0.05) is 57.2 Å². The molecule has 3 rings (SSSR count). The SMILES string of the molecule is CC1CCCCC1.CNC(=O)c1ccc(NCc2ccccc2F)cc1. The molecule has 0 aromatic heterocycles. The highest BCUT2D eigenvalue weighted by Crippen LogP contribution is 2.22. The molecule has 1 fully saturated rings. The molecule has 0 unspecified atom stereocenters. The van der Waals surface area contributed by atoms with Crippen molar-refractivity contribution in [3.05, 3.63) is 65.5 Å². The highest BCUT2D eigenvalue weighted by molar-refractivity contribution is 5.94. The monoisotopic (exact) mass is 356 g/mol. The van der Waals surface area contributed by atoms with E-state index in [4.69, 9.17) is 0 Å². The Balaban J connectivity index is 0.000000290. The van der Waals surface area contributed by atoms with Gasteiger partial charge in [-0.2, -0.15) is 0 Å². The quantitative estimate of drug-likeness (QED) is 0.772. The van der Waals surface area contributed by atoms with E-state index in [1.807, 2.05) is 0 Å². The van der Waals surface area contributed by atoms with Crippen LogP contribution < -0.4 is 10.6 Å². The number of carbonyl (C=O) groups is 1. The van der Waals surface area contributed by atoms with Crippen LogP contribution in [-0.2, 0) is 6.54 Å². The van der Waals surface area contributed by atoms with Crippen LogP contribution in [0.25, 0.3) is 0 Å². The summed E-state index contributed by atoms with van der Waals surface area (Å²) < 4.78 is 13.4. The molecule has 0 bridgehead atoms. The Hall–Kier alpha value is -2.36. The van der Waals surface area contributed by atoms with Crippen molar-refractivity contribution in [1.82, 2.24) is 5.32 Å². The first-order chi connectivity index (χ1) is 12.6. The number of anilines is 1. The van der Waals surface area contributed by atoms with Crippen LogP contribution in [0.2, 0.25) is 0 Å². The second kappa shape index (κ2) is 10.6. The molecule has 0 saturated heterocycles. The van der Waals surface area contributed by atoms with Gasteiger partial charge in [-0.05, 0) is 36.2 Å². The van der Waals surface area contributed by atoms with Crippen molar-refractivity contribution in [2.45, 2.75) is 45.6 Å². The maximum Gasteiger partial charge on any atom is 0.251 e. The minimum atomic E-state index is -0.225. The molecule has 2 aromatic carbocycles. The first-order valence-electron chi connectivity index (χ1n) is 9.39. The number of carbonyl (C=O) groups excluding carboxylic acids is 1. The van der Waals surface area contributed by atoms with Gasteiger partial charge in [0, 0.05) is 30.4 Å². The Morgan fingerprint density at radius 3 is 2.23 bits per heavy atom. The van der Waals surface area contributed by atoms with Gasteiger partial charge < -0.3 is 10.6 Å². The molecule has 1 aliphatic carbocycles. The van der Waals surface area contributed by atoms with Gasteiger partial charge in [0.1, 0.15) is 5.82 Å². The average molecular weight is 356 g/mol. The first kappa shape index (κ1) is 20.0. The molecule has 1 saturated carbocycles. The normalized spacial score (nSPS) is 14.1. The molecule has 1 aliphatic rings. The number of hydrogen-bond acceptors (Lipinski definition) is 2. The number of hydrogen-bond donors (Lipinski definition) is 2. The van der Waals surface area contributed by atoms with Crippen molar-refractivity contribution >= 4 is 11.6 Å². The molecular weight excluding hydrogens is 327 g/mol. The summed E-state index contributed by atoms with van der Waals surface area (Å²) in [7, 11) is 1.59. The van der Waals surface area contributed by atoms with E-state index < -0.39 is 0 Å². The van der Waals surface area contributed by atoms with Gasteiger partial charge in [-0.3, -0.25) is 4.79 Å². The summed E-state index contributed by atoms with van der Waals surface area (Å²) in [4.78, 5) is 11.4. The minimum Gasteiger partial charge on any atom is -0.381 e. The number of nitrogens with one attached hydrogen (secondary N) is 2. The van der Waals surface area contributed by atoms with Crippen molar-refractivity contribution in [3.63, 3.8) is 0 Å². The fraction of sp³-hybridized carbons (Fsp3) is 0.409. The zero-order chi connectivity index (χ0) is 18.8. The summed E-state index contributed by atoms with van der Waals surface area (Å²) in [5.41, 5.74) is 2.05. The molecule has 140 valence electrons. The third-order valence-corrected chi connectivity index (χ3v) is 4.71. The number of benzene rings is 2. The van der Waals surface area contributed by atoms with Crippen LogP contribution in [0.3, 0.4) is 0 Å². The van der Waals surface area contributed by atoms with Crippen molar-refractivity contribution in [2.24, 2.45) is 5.92 Å². The Labute approximate surface area is 156 Å². The van der Waals surface area contributed by atoms with E-state index in [9.17, 15) is 9.18 Å². The highest BCUT2D eigenvalue weighted by Gasteiger charge is 2.06. The predicted octanol–water partition coefficient (Wildman–Crippen LogP) is 5.38. The molecule has 3 nitrogen and oxygen atoms in total. The van der Waals surface area contributed by atoms with Crippen LogP contribution in [0.5, 0.6) is 0 Å². The van der Waals surface area contributed by atoms with E-state index in [1.165, 1.54) is 38.2 Å². The van der Waals surface area contributed by atoms with Crippen molar-refractivity contribution in [1.29, 1.82) is 0 Å². The largest absolute Gasteiger partial charge is 0.381 e. The van der Waals surface area contributed by atoms with E-state index >= 15 is 0 Å². The molecule has 0 heterocycles. The Bertz CT molecular complexity index is 679. The summed E-state index contributed by atoms with van der Waals surface area (Å²) >= 11 is 0. The molecule has 0 atom stereocenters. The van der Waals surface area contributed by atoms with Gasteiger partial charge in [0.25, 0.3) is 5.91 Å². The van der Waals surface area contributed by atoms with Gasteiger partial charge in [0.15, 0.2) is 0 Å². The van der Waals surface area contributed by atoms with Crippen LogP contribution in [0, 0.1) is 11.7 Å². The molecule has 0 aliphatic heterocycles. The van der Waals surface area contributed by atoms with Crippen LogP contribution in [-0.4, -0.2) is 13.0 Å². The van der Waals surface area contributed by atoms with Crippen molar-refractivity contribution in [3.8, 4) is 0 Å². The predicted molar refractivity (Wildman–Crippen MR) is 106 cm³/mol. The van der Waals surface area contributed by atoms with E-state index in [0.717, 1.165) is 11.6 Å². The minimum absolute atomic E-state index is 0.124. The Kier molecular flexibility index (Phi) is 8.13. The average Bonchev–Trinajstić information content (AvgIpc) is 2.68. The van der Waals surface area contributed by atoms with Crippen LogP contribution in [0.15, 0.2) is 48.5 Å². The lowest BCUT2D eigenvalue weighted by Gasteiger charge is -2.15. The molecule has 26 heavy (non-hydrogen) atoms. The first-order valence-corrected chi connectivity index (χ1v) is 9.39. The standard InChI is InChI=1S/C15H15FN2O.C7H14/c1-17-15(19)11-6-8-13(9-7-11)18-10-12-4-2-3-5-14(12)16;1-7-5-3-2-4-6-7/h2-9,18H,10H2,1H3,(H,17,19);7H,2-6H2,1H3. The molecule has 4 heteroatoms. The smallest absolute Gasteiger partial charge is 0.251 e. The zero-order valence-corrected chi connectivity index (χ0v) is 15.7. The molecule has 0 radical (unpaired) electrons. The highest BCUT2D eigenvalue weighted by atomic mass is 19.1. The Morgan fingerprint density at radius 2 is 1.69 bits per heavy atom. The fourth-order valence-electron chi connectivity index (χ4n) is 3.03. The molecule has 2 N–H and O–H groups in total. The third-order valence-electron chi connectivity index (χ3n) is 4.71. The van der Waals surface area contributed by atoms with E-state index in [2.05, 4.69) is 17.6 Å². The summed E-state index contributed by atoms with van der Waals surface area (Å²) in [6.45, 7) is 2.77. The maximum absolute atomic E-state index is 13.4. The second-order valence-electron chi connectivity index (χ2n) is 6.84. The number of amides is 1. The van der Waals surface area contributed by atoms with Crippen LogP contribution in [0.1, 0.15) is 54.9 Å². The van der Waals surface area contributed by atoms with Crippen molar-refractivity contribution < 1.29 is 9.18 Å². The van der Waals surface area contributed by atoms with Crippen LogP contribution >= 0.6 is 0 Å². The molecular formula is C22H29FN2O. The summed E-state index contributed by atoms with van der Waals surface area (Å²) in [6, 6.07) is 13.7. The van der Waals surface area contributed by atoms with Crippen LogP contribution in [0.4, 0.5) is 10.1 Å². The summed E-state index contributed by atoms with van der Waals surface area (Å²) in [5.74, 6) is 0.686. The van der Waals surface area contributed by atoms with E-state index in [0.29, 0.717) is 17.7 Å². The van der Waals surface area contributed by atoms with Crippen molar-refractivity contribution in [2.75, 3.05) is 12.4 Å². The van der Waals surface area contributed by atoms with Gasteiger partial charge in [-0.25, -0.2) is 4.39 Å². The van der Waals surface area contributed by atoms with Gasteiger partial charge in [0.05, 0.1) is 0 Å². The fourth-order valence-corrected chi connectivity index (χ4v) is 3.03. The number of rotatable bonds is 4. The lowest BCUT2D eigenvalue weighted by Crippen LogP contribution is -2.17. The lowest BCUT2D eigenvalue weighted by molar-refractivity contribution is 0.0963. The lowest BCUT2D eigenvalue weighted by atomic mass is 9.91. The zero-order valence-electron chi connectivity index (χ0n) is 15.7. The van der Waals surface area contributed by atoms with Gasteiger partial charge in [0.2, 0.25) is 0 Å². The second-order valence-corrected chi connectivity index (χ2v) is 6.84. The molecule has 1 amide bonds. The third kappa shape index (κ3) is 6.51. The van der Waals surface area contributed by atoms with E-state index in [1.54, 1.807) is 49.5 Å². The summed E-state index contributed by atoms with van der Waals surface area (Å²) in [5, 5.41) is 5.67. The Morgan fingerprint density at radius 1 is 1.04 bits per heavy atom. The topological polar surface area (TPSA) is 41.1 Å². The summed E-state index contributed by atoms with van der Waals surface area (Å²) in [6.07, 6.45) is 7.44. The van der Waals surface area contributed by atoms with E-state index in [-0.39, 0.29) is 11.7 Å². The van der Waals surface area contributed by atoms with Gasteiger partial charge >= 0.3 is 0 Å². The molecule has 2 aromatic rings. The maximum atomic E-state index is 13.4. The molecule has 0 spiro atoms. The van der Waals surface area contributed by atoms with Gasteiger partial charge in [-0.15, -0.1) is 0 Å².